The molecule has 0 saturated heterocycles. The molecule has 0 aliphatic rings. The summed E-state index contributed by atoms with van der Waals surface area (Å²) >= 11 is 0. The van der Waals surface area contributed by atoms with Gasteiger partial charge in [-0.05, 0) is 0 Å². The highest BCUT2D eigenvalue weighted by molar-refractivity contribution is 5.92. The normalized spacial score (nSPS) is 9.55. The van der Waals surface area contributed by atoms with E-state index in [9.17, 15) is 9.59 Å². The first-order valence-electron chi connectivity index (χ1n) is 3.04. The molecule has 0 amide bonds. The molecule has 0 fully saturated rings. The van der Waals surface area contributed by atoms with Crippen molar-refractivity contribution < 1.29 is 9.90 Å². The molecule has 0 aliphatic heterocycles. The number of aromatic hydroxyl groups is 1. The van der Waals surface area contributed by atoms with Crippen LogP contribution >= 0.6 is 0 Å². The number of carbonyl (C=O) groups excluding carboxylic acids is 1. The largest absolute Gasteiger partial charge is 0.508 e. The lowest BCUT2D eigenvalue weighted by Crippen LogP contribution is -2.09. The van der Waals surface area contributed by atoms with E-state index in [4.69, 9.17) is 5.11 Å². The lowest BCUT2D eigenvalue weighted by Gasteiger charge is -1.94. The van der Waals surface area contributed by atoms with Crippen molar-refractivity contribution in [2.24, 2.45) is 0 Å². The number of nitrogens with one attached hydrogen (secondary N) is 1. The average Bonchev–Trinajstić information content (AvgIpc) is 1.85. The summed E-state index contributed by atoms with van der Waals surface area (Å²) in [4.78, 5) is 23.6. The van der Waals surface area contributed by atoms with Crippen molar-refractivity contribution in [1.29, 1.82) is 0 Å². The molecule has 1 heterocycles. The van der Waals surface area contributed by atoms with Crippen LogP contribution in [0.2, 0.25) is 0 Å². The monoisotopic (exact) mass is 153 g/mol. The summed E-state index contributed by atoms with van der Waals surface area (Å²) in [5.74, 6) is -0.475. The zero-order valence-corrected chi connectivity index (χ0v) is 5.92. The SMILES string of the molecule is CC(=O)c1cc(O)cc(=O)[nH]1. The Morgan fingerprint density at radius 2 is 2.18 bits per heavy atom. The first-order chi connectivity index (χ1) is 5.09. The van der Waals surface area contributed by atoms with Crippen LogP contribution in [0, 0.1) is 0 Å². The summed E-state index contributed by atoms with van der Waals surface area (Å²) in [7, 11) is 0. The molecule has 2 N–H and O–H groups in total. The third-order valence-electron chi connectivity index (χ3n) is 1.21. The van der Waals surface area contributed by atoms with Gasteiger partial charge in [0.25, 0.3) is 5.56 Å². The van der Waals surface area contributed by atoms with Crippen LogP contribution in [0.25, 0.3) is 0 Å². The Hall–Kier alpha value is -1.58. The number of pyridine rings is 1. The number of aromatic amines is 1. The molecule has 0 radical (unpaired) electrons. The molecule has 4 heteroatoms. The molecule has 4 nitrogen and oxygen atoms in total. The molecule has 1 aromatic heterocycles. The summed E-state index contributed by atoms with van der Waals surface area (Å²) in [6.07, 6.45) is 0. The maximum Gasteiger partial charge on any atom is 0.252 e. The van der Waals surface area contributed by atoms with E-state index < -0.39 is 5.56 Å². The van der Waals surface area contributed by atoms with Gasteiger partial charge >= 0.3 is 0 Å². The van der Waals surface area contributed by atoms with Gasteiger partial charge < -0.3 is 10.1 Å². The van der Waals surface area contributed by atoms with Crippen LogP contribution in [0.5, 0.6) is 5.75 Å². The average molecular weight is 153 g/mol. The number of hydrogen-bond acceptors (Lipinski definition) is 3. The summed E-state index contributed by atoms with van der Waals surface area (Å²) in [6.45, 7) is 1.31. The smallest absolute Gasteiger partial charge is 0.252 e. The van der Waals surface area contributed by atoms with E-state index in [0.717, 1.165) is 6.07 Å². The third-order valence-corrected chi connectivity index (χ3v) is 1.21. The zero-order chi connectivity index (χ0) is 8.43. The van der Waals surface area contributed by atoms with Gasteiger partial charge in [0.05, 0.1) is 5.69 Å². The van der Waals surface area contributed by atoms with Crippen molar-refractivity contribution >= 4 is 5.78 Å². The van der Waals surface area contributed by atoms with Crippen molar-refractivity contribution in [3.05, 3.63) is 28.2 Å². The van der Waals surface area contributed by atoms with Crippen molar-refractivity contribution in [3.8, 4) is 5.75 Å². The Balaban J connectivity index is 3.30. The fraction of sp³-hybridized carbons (Fsp3) is 0.143. The first-order valence-corrected chi connectivity index (χ1v) is 3.04. The molecular formula is C7H7NO3. The number of rotatable bonds is 1. The summed E-state index contributed by atoms with van der Waals surface area (Å²) in [5, 5.41) is 8.87. The third kappa shape index (κ3) is 1.67. The highest BCUT2D eigenvalue weighted by atomic mass is 16.3. The zero-order valence-electron chi connectivity index (χ0n) is 5.92. The minimum atomic E-state index is -0.477. The molecule has 11 heavy (non-hydrogen) atoms. The Morgan fingerprint density at radius 1 is 1.55 bits per heavy atom. The van der Waals surface area contributed by atoms with Gasteiger partial charge in [0.1, 0.15) is 5.75 Å². The second-order valence-corrected chi connectivity index (χ2v) is 2.17. The molecule has 0 saturated carbocycles. The van der Waals surface area contributed by atoms with Gasteiger partial charge in [0.2, 0.25) is 0 Å². The molecule has 0 spiro atoms. The molecule has 1 aromatic rings. The molecule has 0 bridgehead atoms. The molecular weight excluding hydrogens is 146 g/mol. The van der Waals surface area contributed by atoms with Crippen molar-refractivity contribution in [2.45, 2.75) is 6.92 Å². The Kier molecular flexibility index (Phi) is 1.76. The van der Waals surface area contributed by atoms with Gasteiger partial charge in [0.15, 0.2) is 5.78 Å². The number of ketones is 1. The quantitative estimate of drug-likeness (QED) is 0.569. The Morgan fingerprint density at radius 3 is 2.64 bits per heavy atom. The van der Waals surface area contributed by atoms with E-state index in [1.165, 1.54) is 13.0 Å². The van der Waals surface area contributed by atoms with Crippen LogP contribution in [-0.4, -0.2) is 15.9 Å². The standard InChI is InChI=1S/C7H7NO3/c1-4(9)6-2-5(10)3-7(11)8-6/h2-3H,1H3,(H2,8,10,11). The number of Topliss-reactive ketones (excluding diaryl/α,β-unsaturated/α-hetero) is 1. The molecule has 58 valence electrons. The maximum atomic E-state index is 10.7. The summed E-state index contributed by atoms with van der Waals surface area (Å²) in [6, 6.07) is 2.22. The van der Waals surface area contributed by atoms with Crippen LogP contribution in [0.1, 0.15) is 17.4 Å². The minimum absolute atomic E-state index is 0.120. The number of aromatic nitrogens is 1. The highest BCUT2D eigenvalue weighted by Gasteiger charge is 2.01. The maximum absolute atomic E-state index is 10.7. The van der Waals surface area contributed by atoms with Gasteiger partial charge in [-0.15, -0.1) is 0 Å². The topological polar surface area (TPSA) is 70.2 Å². The fourth-order valence-corrected chi connectivity index (χ4v) is 0.718. The first kappa shape index (κ1) is 7.53. The van der Waals surface area contributed by atoms with E-state index in [2.05, 4.69) is 4.98 Å². The van der Waals surface area contributed by atoms with E-state index >= 15 is 0 Å². The molecule has 1 rings (SSSR count). The van der Waals surface area contributed by atoms with Gasteiger partial charge in [-0.3, -0.25) is 9.59 Å². The predicted octanol–water partition coefficient (Wildman–Crippen LogP) is 0.283. The van der Waals surface area contributed by atoms with Crippen LogP contribution in [0.3, 0.4) is 0 Å². The van der Waals surface area contributed by atoms with Crippen LogP contribution in [-0.2, 0) is 0 Å². The number of H-pyrrole nitrogens is 1. The molecule has 0 atom stereocenters. The van der Waals surface area contributed by atoms with Gasteiger partial charge in [-0.1, -0.05) is 0 Å². The van der Waals surface area contributed by atoms with Crippen LogP contribution in [0.15, 0.2) is 16.9 Å². The lowest BCUT2D eigenvalue weighted by molar-refractivity contribution is 0.101. The number of carbonyl (C=O) groups is 1. The van der Waals surface area contributed by atoms with Crippen LogP contribution in [0.4, 0.5) is 0 Å². The summed E-state index contributed by atoms with van der Waals surface area (Å²) < 4.78 is 0. The van der Waals surface area contributed by atoms with Gasteiger partial charge in [-0.2, -0.15) is 0 Å². The molecule has 0 aromatic carbocycles. The van der Waals surface area contributed by atoms with Gasteiger partial charge in [-0.25, -0.2) is 0 Å². The molecule has 0 aliphatic carbocycles. The number of hydrogen-bond donors (Lipinski definition) is 2. The van der Waals surface area contributed by atoms with E-state index in [1.54, 1.807) is 0 Å². The highest BCUT2D eigenvalue weighted by Crippen LogP contribution is 2.04. The predicted molar refractivity (Wildman–Crippen MR) is 38.7 cm³/mol. The second-order valence-electron chi connectivity index (χ2n) is 2.17. The lowest BCUT2D eigenvalue weighted by atomic mass is 10.3. The summed E-state index contributed by atoms with van der Waals surface area (Å²) in [5.41, 5.74) is -0.356. The van der Waals surface area contributed by atoms with E-state index in [1.807, 2.05) is 0 Å². The van der Waals surface area contributed by atoms with E-state index in [-0.39, 0.29) is 17.2 Å². The van der Waals surface area contributed by atoms with Crippen molar-refractivity contribution in [1.82, 2.24) is 4.98 Å². The van der Waals surface area contributed by atoms with Gasteiger partial charge in [0, 0.05) is 19.1 Å². The Labute approximate surface area is 62.5 Å². The van der Waals surface area contributed by atoms with E-state index in [0.29, 0.717) is 0 Å². The minimum Gasteiger partial charge on any atom is -0.508 e. The van der Waals surface area contributed by atoms with Crippen molar-refractivity contribution in [2.75, 3.05) is 0 Å². The fourth-order valence-electron chi connectivity index (χ4n) is 0.718. The molecule has 0 unspecified atom stereocenters. The Bertz CT molecular complexity index is 340. The van der Waals surface area contributed by atoms with Crippen molar-refractivity contribution in [3.63, 3.8) is 0 Å². The van der Waals surface area contributed by atoms with Crippen LogP contribution < -0.4 is 5.56 Å². The second kappa shape index (κ2) is 2.57.